The van der Waals surface area contributed by atoms with Gasteiger partial charge in [-0.3, -0.25) is 9.35 Å². The predicted octanol–water partition coefficient (Wildman–Crippen LogP) is 2.32. The van der Waals surface area contributed by atoms with E-state index in [4.69, 9.17) is 4.55 Å². The van der Waals surface area contributed by atoms with Crippen LogP contribution in [0.4, 0.5) is 0 Å². The first kappa shape index (κ1) is 14.3. The molecule has 0 spiro atoms. The van der Waals surface area contributed by atoms with Crippen molar-refractivity contribution >= 4 is 15.2 Å². The summed E-state index contributed by atoms with van der Waals surface area (Å²) in [5.41, 5.74) is 0. The molecule has 0 aliphatic carbocycles. The van der Waals surface area contributed by atoms with Crippen molar-refractivity contribution in [1.29, 1.82) is 0 Å². The molecule has 0 aliphatic heterocycles. The molecule has 0 unspecified atom stereocenters. The van der Waals surface area contributed by atoms with E-state index in [9.17, 15) is 13.2 Å². The van der Waals surface area contributed by atoms with Crippen molar-refractivity contribution in [3.8, 4) is 0 Å². The van der Waals surface area contributed by atoms with Crippen LogP contribution in [0.15, 0.2) is 12.2 Å². The molecule has 0 heterocycles. The van der Waals surface area contributed by atoms with E-state index in [1.165, 1.54) is 6.42 Å². The molecule has 4 nitrogen and oxygen atoms in total. The van der Waals surface area contributed by atoms with E-state index in [0.717, 1.165) is 19.3 Å². The van der Waals surface area contributed by atoms with Gasteiger partial charge in [-0.1, -0.05) is 31.9 Å². The third-order valence-corrected chi connectivity index (χ3v) is 2.72. The summed E-state index contributed by atoms with van der Waals surface area (Å²) in [6, 6.07) is 0. The molecule has 15 heavy (non-hydrogen) atoms. The monoisotopic (exact) mass is 234 g/mol. The Morgan fingerprint density at radius 1 is 1.20 bits per heavy atom. The van der Waals surface area contributed by atoms with Crippen LogP contribution in [0.3, 0.4) is 0 Å². The van der Waals surface area contributed by atoms with E-state index in [1.807, 2.05) is 6.08 Å². The number of hydrogen-bond acceptors (Lipinski definition) is 3. The summed E-state index contributed by atoms with van der Waals surface area (Å²) in [5.74, 6) is 0. The molecule has 0 atom stereocenters. The molecule has 0 radical (unpaired) electrons. The summed E-state index contributed by atoms with van der Waals surface area (Å²) in [4.78, 5) is 10.7. The molecular weight excluding hydrogens is 216 g/mol. The highest BCUT2D eigenvalue weighted by Gasteiger charge is 2.16. The Kier molecular flexibility index (Phi) is 7.25. The topological polar surface area (TPSA) is 71.4 Å². The number of unbranched alkanes of at least 4 members (excludes halogenated alkanes) is 3. The normalized spacial score (nSPS) is 12.1. The number of hydrogen-bond donors (Lipinski definition) is 1. The summed E-state index contributed by atoms with van der Waals surface area (Å²) >= 11 is 0. The minimum atomic E-state index is -4.48. The molecule has 0 bridgehead atoms. The van der Waals surface area contributed by atoms with Gasteiger partial charge < -0.3 is 0 Å². The second-order valence-electron chi connectivity index (χ2n) is 3.35. The molecule has 5 heteroatoms. The van der Waals surface area contributed by atoms with Crippen LogP contribution in [0, 0.1) is 0 Å². The number of carbonyl (C=O) groups excluding carboxylic acids is 1. The molecule has 0 aromatic heterocycles. The van der Waals surface area contributed by atoms with Crippen LogP contribution < -0.4 is 0 Å². The van der Waals surface area contributed by atoms with Gasteiger partial charge in [0.15, 0.2) is 0 Å². The second-order valence-corrected chi connectivity index (χ2v) is 4.76. The van der Waals surface area contributed by atoms with Crippen LogP contribution in [0.5, 0.6) is 0 Å². The fraction of sp³-hybridized carbons (Fsp3) is 0.700. The van der Waals surface area contributed by atoms with E-state index < -0.39 is 15.2 Å². The Morgan fingerprint density at radius 2 is 1.80 bits per heavy atom. The SMILES string of the molecule is CCCCCC=CCCC(=O)S(=O)(=O)O. The van der Waals surface area contributed by atoms with Crippen LogP contribution in [0.25, 0.3) is 0 Å². The molecule has 0 aromatic rings. The Labute approximate surface area is 91.1 Å². The molecule has 0 saturated heterocycles. The standard InChI is InChI=1S/C10H18O4S/c1-2-3-4-5-6-7-8-9-10(11)15(12,13)14/h6-7H,2-5,8-9H2,1H3,(H,12,13,14). The first-order chi connectivity index (χ1) is 6.98. The molecule has 0 fully saturated rings. The van der Waals surface area contributed by atoms with E-state index in [1.54, 1.807) is 6.08 Å². The zero-order valence-electron chi connectivity index (χ0n) is 8.98. The number of rotatable bonds is 7. The Bertz CT molecular complexity index is 303. The highest BCUT2D eigenvalue weighted by Crippen LogP contribution is 2.02. The quantitative estimate of drug-likeness (QED) is 0.417. The fourth-order valence-corrected chi connectivity index (χ4v) is 1.45. The zero-order chi connectivity index (χ0) is 11.7. The molecule has 0 amide bonds. The lowest BCUT2D eigenvalue weighted by Crippen LogP contribution is -2.12. The van der Waals surface area contributed by atoms with Gasteiger partial charge in [-0.15, -0.1) is 0 Å². The third-order valence-electron chi connectivity index (χ3n) is 1.94. The van der Waals surface area contributed by atoms with Crippen LogP contribution in [-0.2, 0) is 14.9 Å². The number of carbonyl (C=O) groups is 1. The van der Waals surface area contributed by atoms with E-state index in [2.05, 4.69) is 6.92 Å². The van der Waals surface area contributed by atoms with Gasteiger partial charge in [-0.25, -0.2) is 0 Å². The Morgan fingerprint density at radius 3 is 2.33 bits per heavy atom. The minimum absolute atomic E-state index is 0.150. The highest BCUT2D eigenvalue weighted by molar-refractivity contribution is 8.01. The minimum Gasteiger partial charge on any atom is -0.280 e. The Hall–Kier alpha value is -0.680. The van der Waals surface area contributed by atoms with Gasteiger partial charge in [0, 0.05) is 6.42 Å². The summed E-state index contributed by atoms with van der Waals surface area (Å²) < 4.78 is 29.0. The summed E-state index contributed by atoms with van der Waals surface area (Å²) in [7, 11) is -4.48. The molecule has 0 aliphatic rings. The van der Waals surface area contributed by atoms with Crippen molar-refractivity contribution in [2.75, 3.05) is 0 Å². The fourth-order valence-electron chi connectivity index (χ4n) is 1.08. The predicted molar refractivity (Wildman–Crippen MR) is 59.1 cm³/mol. The smallest absolute Gasteiger partial charge is 0.280 e. The van der Waals surface area contributed by atoms with Crippen molar-refractivity contribution < 1.29 is 17.8 Å². The molecule has 0 rings (SSSR count). The zero-order valence-corrected chi connectivity index (χ0v) is 9.79. The molecule has 0 saturated carbocycles. The average Bonchev–Trinajstić information content (AvgIpc) is 2.14. The molecular formula is C10H18O4S. The van der Waals surface area contributed by atoms with Crippen LogP contribution in [-0.4, -0.2) is 18.1 Å². The maximum Gasteiger partial charge on any atom is 0.328 e. The lowest BCUT2D eigenvalue weighted by Gasteiger charge is -1.93. The van der Waals surface area contributed by atoms with Gasteiger partial charge in [-0.05, 0) is 19.3 Å². The van der Waals surface area contributed by atoms with E-state index in [-0.39, 0.29) is 6.42 Å². The number of allylic oxidation sites excluding steroid dienone is 2. The third kappa shape index (κ3) is 8.32. The van der Waals surface area contributed by atoms with Gasteiger partial charge in [0.05, 0.1) is 0 Å². The average molecular weight is 234 g/mol. The maximum absolute atomic E-state index is 10.7. The highest BCUT2D eigenvalue weighted by atomic mass is 32.2. The van der Waals surface area contributed by atoms with Gasteiger partial charge in [-0.2, -0.15) is 8.42 Å². The Balaban J connectivity index is 3.58. The lowest BCUT2D eigenvalue weighted by molar-refractivity contribution is -0.112. The van der Waals surface area contributed by atoms with E-state index in [0.29, 0.717) is 6.42 Å². The first-order valence-electron chi connectivity index (χ1n) is 5.13. The van der Waals surface area contributed by atoms with Crippen LogP contribution in [0.1, 0.15) is 45.4 Å². The molecule has 88 valence electrons. The van der Waals surface area contributed by atoms with Crippen LogP contribution in [0.2, 0.25) is 0 Å². The van der Waals surface area contributed by atoms with Gasteiger partial charge >= 0.3 is 10.1 Å². The summed E-state index contributed by atoms with van der Waals surface area (Å²) in [5, 5.41) is -1.11. The van der Waals surface area contributed by atoms with Gasteiger partial charge in [0.1, 0.15) is 0 Å². The largest absolute Gasteiger partial charge is 0.328 e. The summed E-state index contributed by atoms with van der Waals surface area (Å²) in [6.07, 6.45) is 8.33. The van der Waals surface area contributed by atoms with Crippen LogP contribution >= 0.6 is 0 Å². The summed E-state index contributed by atoms with van der Waals surface area (Å²) in [6.45, 7) is 2.12. The van der Waals surface area contributed by atoms with Crippen molar-refractivity contribution in [3.63, 3.8) is 0 Å². The van der Waals surface area contributed by atoms with Crippen molar-refractivity contribution in [1.82, 2.24) is 0 Å². The van der Waals surface area contributed by atoms with E-state index >= 15 is 0 Å². The van der Waals surface area contributed by atoms with Crippen molar-refractivity contribution in [3.05, 3.63) is 12.2 Å². The van der Waals surface area contributed by atoms with Crippen molar-refractivity contribution in [2.45, 2.75) is 45.4 Å². The second kappa shape index (κ2) is 7.59. The molecule has 0 aromatic carbocycles. The van der Waals surface area contributed by atoms with Gasteiger partial charge in [0.2, 0.25) is 0 Å². The van der Waals surface area contributed by atoms with Gasteiger partial charge in [0.25, 0.3) is 5.12 Å². The molecule has 1 N–H and O–H groups in total. The first-order valence-corrected chi connectivity index (χ1v) is 6.57. The van der Waals surface area contributed by atoms with Crippen molar-refractivity contribution in [2.24, 2.45) is 0 Å². The maximum atomic E-state index is 10.7. The lowest BCUT2D eigenvalue weighted by atomic mass is 10.2.